The van der Waals surface area contributed by atoms with Gasteiger partial charge in [-0.2, -0.15) is 4.98 Å². The molecule has 7 nitrogen and oxygen atoms in total. The molecule has 0 unspecified atom stereocenters. The number of carbonyl (C=O) groups is 1. The zero-order chi connectivity index (χ0) is 23.6. The Bertz CT molecular complexity index is 1110. The molecule has 2 heterocycles. The molecular weight excluding hydrogens is 426 g/mol. The third-order valence-electron chi connectivity index (χ3n) is 5.78. The minimum absolute atomic E-state index is 0.255. The van der Waals surface area contributed by atoms with E-state index >= 15 is 0 Å². The van der Waals surface area contributed by atoms with E-state index in [1.165, 1.54) is 4.57 Å². The van der Waals surface area contributed by atoms with Crippen LogP contribution in [0.15, 0.2) is 66.9 Å². The molecule has 1 saturated heterocycles. The van der Waals surface area contributed by atoms with Crippen LogP contribution >= 0.6 is 0 Å². The molecule has 0 bridgehead atoms. The average Bonchev–Trinajstić information content (AvgIpc) is 3.30. The van der Waals surface area contributed by atoms with Gasteiger partial charge in [-0.05, 0) is 12.6 Å². The summed E-state index contributed by atoms with van der Waals surface area (Å²) >= 11 is 0. The summed E-state index contributed by atoms with van der Waals surface area (Å²) in [5, 5.41) is 2.85. The SMILES string of the molecule is CN1CCN(CCOc2nc(-c3ccccc3)cn2C(=O)NCC#CCc2ccccc2)CC1. The van der Waals surface area contributed by atoms with Gasteiger partial charge in [-0.15, -0.1) is 0 Å². The molecule has 176 valence electrons. The maximum atomic E-state index is 12.9. The Kier molecular flexibility index (Phi) is 8.33. The first-order valence-electron chi connectivity index (χ1n) is 11.7. The van der Waals surface area contributed by atoms with Gasteiger partial charge in [0.15, 0.2) is 0 Å². The molecule has 1 N–H and O–H groups in total. The highest BCUT2D eigenvalue weighted by atomic mass is 16.5. The van der Waals surface area contributed by atoms with Gasteiger partial charge in [0, 0.05) is 50.9 Å². The fraction of sp³-hybridized carbons (Fsp3) is 0.333. The van der Waals surface area contributed by atoms with E-state index in [1.807, 2.05) is 60.7 Å². The highest BCUT2D eigenvalue weighted by Gasteiger charge is 2.18. The summed E-state index contributed by atoms with van der Waals surface area (Å²) in [5.74, 6) is 6.11. The lowest BCUT2D eigenvalue weighted by atomic mass is 10.2. The molecule has 1 fully saturated rings. The van der Waals surface area contributed by atoms with Crippen molar-refractivity contribution in [1.82, 2.24) is 24.7 Å². The van der Waals surface area contributed by atoms with Gasteiger partial charge < -0.3 is 15.0 Å². The van der Waals surface area contributed by atoms with Crippen molar-refractivity contribution >= 4 is 6.03 Å². The number of amides is 1. The topological polar surface area (TPSA) is 62.6 Å². The molecule has 34 heavy (non-hydrogen) atoms. The quantitative estimate of drug-likeness (QED) is 0.553. The minimum atomic E-state index is -0.307. The largest absolute Gasteiger partial charge is 0.463 e. The summed E-state index contributed by atoms with van der Waals surface area (Å²) in [6, 6.07) is 19.8. The van der Waals surface area contributed by atoms with Gasteiger partial charge in [-0.3, -0.25) is 4.90 Å². The normalized spacial score (nSPS) is 14.3. The van der Waals surface area contributed by atoms with Crippen molar-refractivity contribution in [1.29, 1.82) is 0 Å². The number of rotatable bonds is 7. The van der Waals surface area contributed by atoms with E-state index < -0.39 is 0 Å². The number of carbonyl (C=O) groups excluding carboxylic acids is 1. The molecular formula is C27H31N5O2. The number of hydrogen-bond donors (Lipinski definition) is 1. The first-order valence-corrected chi connectivity index (χ1v) is 11.7. The van der Waals surface area contributed by atoms with E-state index in [0.717, 1.165) is 43.9 Å². The van der Waals surface area contributed by atoms with Crippen LogP contribution in [0.5, 0.6) is 6.01 Å². The van der Waals surface area contributed by atoms with Gasteiger partial charge in [-0.1, -0.05) is 72.5 Å². The molecule has 0 atom stereocenters. The Morgan fingerprint density at radius 2 is 1.71 bits per heavy atom. The fourth-order valence-corrected chi connectivity index (χ4v) is 3.72. The average molecular weight is 458 g/mol. The van der Waals surface area contributed by atoms with E-state index in [2.05, 4.69) is 39.0 Å². The minimum Gasteiger partial charge on any atom is -0.463 e. The third-order valence-corrected chi connectivity index (χ3v) is 5.78. The molecule has 1 aliphatic rings. The molecule has 1 amide bonds. The number of benzene rings is 2. The summed E-state index contributed by atoms with van der Waals surface area (Å²) in [4.78, 5) is 22.2. The third kappa shape index (κ3) is 6.70. The van der Waals surface area contributed by atoms with E-state index in [0.29, 0.717) is 24.7 Å². The Balaban J connectivity index is 1.37. The molecule has 0 radical (unpaired) electrons. The van der Waals surface area contributed by atoms with Crippen molar-refractivity contribution in [2.45, 2.75) is 6.42 Å². The van der Waals surface area contributed by atoms with E-state index in [4.69, 9.17) is 4.74 Å². The van der Waals surface area contributed by atoms with Crippen molar-refractivity contribution in [2.75, 3.05) is 52.9 Å². The molecule has 4 rings (SSSR count). The molecule has 1 aliphatic heterocycles. The van der Waals surface area contributed by atoms with Crippen LogP contribution in [0, 0.1) is 11.8 Å². The summed E-state index contributed by atoms with van der Waals surface area (Å²) in [5.41, 5.74) is 2.78. The molecule has 0 aliphatic carbocycles. The summed E-state index contributed by atoms with van der Waals surface area (Å²) < 4.78 is 7.41. The van der Waals surface area contributed by atoms with Crippen LogP contribution < -0.4 is 10.1 Å². The van der Waals surface area contributed by atoms with Crippen molar-refractivity contribution in [3.8, 4) is 29.1 Å². The van der Waals surface area contributed by atoms with Crippen LogP contribution in [0.3, 0.4) is 0 Å². The highest BCUT2D eigenvalue weighted by Crippen LogP contribution is 2.22. The second-order valence-corrected chi connectivity index (χ2v) is 8.31. The van der Waals surface area contributed by atoms with Crippen molar-refractivity contribution < 1.29 is 9.53 Å². The second-order valence-electron chi connectivity index (χ2n) is 8.31. The summed E-state index contributed by atoms with van der Waals surface area (Å²) in [7, 11) is 2.14. The lowest BCUT2D eigenvalue weighted by molar-refractivity contribution is 0.130. The van der Waals surface area contributed by atoms with Gasteiger partial charge in [0.2, 0.25) is 0 Å². The van der Waals surface area contributed by atoms with Crippen molar-refractivity contribution in [3.05, 3.63) is 72.4 Å². The molecule has 0 saturated carbocycles. The molecule has 2 aromatic carbocycles. The van der Waals surface area contributed by atoms with Crippen LogP contribution in [0.2, 0.25) is 0 Å². The summed E-state index contributed by atoms with van der Waals surface area (Å²) in [6.45, 7) is 5.68. The van der Waals surface area contributed by atoms with Gasteiger partial charge in [0.25, 0.3) is 0 Å². The first-order chi connectivity index (χ1) is 16.7. The van der Waals surface area contributed by atoms with Gasteiger partial charge in [0.05, 0.1) is 12.2 Å². The number of hydrogen-bond acceptors (Lipinski definition) is 5. The molecule has 1 aromatic heterocycles. The monoisotopic (exact) mass is 457 g/mol. The summed E-state index contributed by atoms with van der Waals surface area (Å²) in [6.07, 6.45) is 2.37. The van der Waals surface area contributed by atoms with Crippen LogP contribution in [0.1, 0.15) is 5.56 Å². The Labute approximate surface area is 201 Å². The molecule has 7 heteroatoms. The number of nitrogens with zero attached hydrogens (tertiary/aromatic N) is 4. The van der Waals surface area contributed by atoms with Crippen LogP contribution in [0.4, 0.5) is 4.79 Å². The number of piperazine rings is 1. The maximum absolute atomic E-state index is 12.9. The number of likely N-dealkylation sites (N-methyl/N-ethyl adjacent to an activating group) is 1. The van der Waals surface area contributed by atoms with E-state index in [1.54, 1.807) is 6.20 Å². The van der Waals surface area contributed by atoms with Crippen LogP contribution in [-0.4, -0.2) is 78.3 Å². The maximum Gasteiger partial charge on any atom is 0.330 e. The highest BCUT2D eigenvalue weighted by molar-refractivity contribution is 5.79. The smallest absolute Gasteiger partial charge is 0.330 e. The van der Waals surface area contributed by atoms with E-state index in [-0.39, 0.29) is 12.6 Å². The first kappa shape index (κ1) is 23.6. The predicted octanol–water partition coefficient (Wildman–Crippen LogP) is 2.98. The predicted molar refractivity (Wildman–Crippen MR) is 134 cm³/mol. The lowest BCUT2D eigenvalue weighted by Crippen LogP contribution is -2.45. The molecule has 0 spiro atoms. The lowest BCUT2D eigenvalue weighted by Gasteiger charge is -2.32. The zero-order valence-electron chi connectivity index (χ0n) is 19.6. The fourth-order valence-electron chi connectivity index (χ4n) is 3.72. The Morgan fingerprint density at radius 1 is 1.00 bits per heavy atom. The second kappa shape index (κ2) is 12.0. The zero-order valence-corrected chi connectivity index (χ0v) is 19.6. The number of imidazole rings is 1. The Hall–Kier alpha value is -3.60. The number of ether oxygens (including phenoxy) is 1. The number of nitrogens with one attached hydrogen (secondary N) is 1. The van der Waals surface area contributed by atoms with Crippen molar-refractivity contribution in [3.63, 3.8) is 0 Å². The van der Waals surface area contributed by atoms with Crippen molar-refractivity contribution in [2.24, 2.45) is 0 Å². The standard InChI is InChI=1S/C27H31N5O2/c1-30-16-18-31(19-17-30)20-21-34-27-29-25(24-13-6-3-7-14-24)22-32(27)26(33)28-15-9-8-12-23-10-4-2-5-11-23/h2-7,10-11,13-14,22H,12,15-21H2,1H3,(H,28,33). The van der Waals surface area contributed by atoms with Crippen LogP contribution in [-0.2, 0) is 6.42 Å². The number of aromatic nitrogens is 2. The Morgan fingerprint density at radius 3 is 2.44 bits per heavy atom. The van der Waals surface area contributed by atoms with Gasteiger partial charge >= 0.3 is 12.0 Å². The van der Waals surface area contributed by atoms with Gasteiger partial charge in [-0.25, -0.2) is 9.36 Å². The van der Waals surface area contributed by atoms with E-state index in [9.17, 15) is 4.79 Å². The van der Waals surface area contributed by atoms with Gasteiger partial charge in [0.1, 0.15) is 6.61 Å². The molecule has 3 aromatic rings. The van der Waals surface area contributed by atoms with Crippen LogP contribution in [0.25, 0.3) is 11.3 Å².